The molecule has 0 bridgehead atoms. The van der Waals surface area contributed by atoms with Crippen LogP contribution in [0.15, 0.2) is 17.6 Å². The highest BCUT2D eigenvalue weighted by molar-refractivity contribution is 7.99. The SMILES string of the molecule is CNC(CCSc1nccn1C)C(=O)OC. The van der Waals surface area contributed by atoms with Gasteiger partial charge in [-0.25, -0.2) is 4.98 Å². The summed E-state index contributed by atoms with van der Waals surface area (Å²) in [5.41, 5.74) is 0. The van der Waals surface area contributed by atoms with E-state index in [0.29, 0.717) is 0 Å². The summed E-state index contributed by atoms with van der Waals surface area (Å²) >= 11 is 1.63. The molecule has 1 unspecified atom stereocenters. The minimum atomic E-state index is -0.238. The Bertz CT molecular complexity index is 341. The van der Waals surface area contributed by atoms with E-state index < -0.39 is 0 Å². The number of rotatable bonds is 6. The normalized spacial score (nSPS) is 12.4. The van der Waals surface area contributed by atoms with Crippen LogP contribution in [0.5, 0.6) is 0 Å². The first-order valence-electron chi connectivity index (χ1n) is 5.04. The second-order valence-electron chi connectivity index (χ2n) is 3.32. The molecule has 1 heterocycles. The number of carbonyl (C=O) groups is 1. The van der Waals surface area contributed by atoms with Gasteiger partial charge in [0, 0.05) is 25.2 Å². The number of nitrogens with zero attached hydrogens (tertiary/aromatic N) is 2. The summed E-state index contributed by atoms with van der Waals surface area (Å²) in [5, 5.41) is 3.89. The van der Waals surface area contributed by atoms with Crippen LogP contribution in [0.2, 0.25) is 0 Å². The average Bonchev–Trinajstić information content (AvgIpc) is 2.69. The molecule has 0 aliphatic carbocycles. The third kappa shape index (κ3) is 3.53. The first kappa shape index (κ1) is 13.1. The molecular weight excluding hydrogens is 226 g/mol. The minimum Gasteiger partial charge on any atom is -0.468 e. The molecule has 0 fully saturated rings. The first-order chi connectivity index (χ1) is 7.69. The number of ether oxygens (including phenoxy) is 1. The van der Waals surface area contributed by atoms with E-state index in [0.717, 1.165) is 17.3 Å². The Hall–Kier alpha value is -1.01. The van der Waals surface area contributed by atoms with Crippen LogP contribution in [0.25, 0.3) is 0 Å². The van der Waals surface area contributed by atoms with Crippen LogP contribution in [0.1, 0.15) is 6.42 Å². The fourth-order valence-electron chi connectivity index (χ4n) is 1.28. The molecule has 5 nitrogen and oxygen atoms in total. The van der Waals surface area contributed by atoms with Crippen LogP contribution in [-0.2, 0) is 16.6 Å². The number of hydrogen-bond donors (Lipinski definition) is 1. The lowest BCUT2D eigenvalue weighted by atomic mass is 10.2. The van der Waals surface area contributed by atoms with E-state index >= 15 is 0 Å². The van der Waals surface area contributed by atoms with Crippen molar-refractivity contribution >= 4 is 17.7 Å². The number of nitrogens with one attached hydrogen (secondary N) is 1. The van der Waals surface area contributed by atoms with Crippen LogP contribution < -0.4 is 5.32 Å². The molecule has 0 radical (unpaired) electrons. The van der Waals surface area contributed by atoms with Crippen molar-refractivity contribution in [3.05, 3.63) is 12.4 Å². The number of methoxy groups -OCH3 is 1. The summed E-state index contributed by atoms with van der Waals surface area (Å²) < 4.78 is 6.64. The van der Waals surface area contributed by atoms with E-state index in [-0.39, 0.29) is 12.0 Å². The molecule has 1 rings (SSSR count). The molecule has 6 heteroatoms. The Morgan fingerprint density at radius 2 is 2.50 bits per heavy atom. The van der Waals surface area contributed by atoms with Gasteiger partial charge in [-0.1, -0.05) is 11.8 Å². The van der Waals surface area contributed by atoms with Crippen molar-refractivity contribution in [2.24, 2.45) is 7.05 Å². The largest absolute Gasteiger partial charge is 0.468 e. The first-order valence-corrected chi connectivity index (χ1v) is 6.02. The van der Waals surface area contributed by atoms with E-state index in [1.54, 1.807) is 25.0 Å². The van der Waals surface area contributed by atoms with E-state index in [1.807, 2.05) is 17.8 Å². The second kappa shape index (κ2) is 6.55. The van der Waals surface area contributed by atoms with Crippen LogP contribution in [0.4, 0.5) is 0 Å². The maximum atomic E-state index is 11.3. The van der Waals surface area contributed by atoms with Crippen LogP contribution in [0, 0.1) is 0 Å². The zero-order valence-corrected chi connectivity index (χ0v) is 10.6. The standard InChI is InChI=1S/C10H17N3O2S/c1-11-8(9(14)15-3)4-7-16-10-12-5-6-13(10)2/h5-6,8,11H,4,7H2,1-3H3. The van der Waals surface area contributed by atoms with Gasteiger partial charge in [0.25, 0.3) is 0 Å². The molecule has 16 heavy (non-hydrogen) atoms. The van der Waals surface area contributed by atoms with E-state index in [1.165, 1.54) is 7.11 Å². The summed E-state index contributed by atoms with van der Waals surface area (Å²) in [6.07, 6.45) is 4.39. The lowest BCUT2D eigenvalue weighted by Crippen LogP contribution is -2.35. The van der Waals surface area contributed by atoms with Crippen molar-refractivity contribution in [1.29, 1.82) is 0 Å². The molecule has 1 atom stereocenters. The van der Waals surface area contributed by atoms with Crippen molar-refractivity contribution in [2.45, 2.75) is 17.6 Å². The Morgan fingerprint density at radius 3 is 3.00 bits per heavy atom. The smallest absolute Gasteiger partial charge is 0.322 e. The fourth-order valence-corrected chi connectivity index (χ4v) is 2.22. The van der Waals surface area contributed by atoms with Gasteiger partial charge in [-0.3, -0.25) is 4.79 Å². The zero-order valence-electron chi connectivity index (χ0n) is 9.77. The van der Waals surface area contributed by atoms with Crippen molar-refractivity contribution in [2.75, 3.05) is 19.9 Å². The Morgan fingerprint density at radius 1 is 1.75 bits per heavy atom. The predicted octanol–water partition coefficient (Wildman–Crippen LogP) is 0.663. The van der Waals surface area contributed by atoms with Gasteiger partial charge in [-0.15, -0.1) is 0 Å². The quantitative estimate of drug-likeness (QED) is 0.587. The molecule has 1 aromatic rings. The summed E-state index contributed by atoms with van der Waals surface area (Å²) in [6, 6.07) is -0.238. The number of aromatic nitrogens is 2. The van der Waals surface area contributed by atoms with E-state index in [2.05, 4.69) is 15.0 Å². The lowest BCUT2D eigenvalue weighted by molar-refractivity contribution is -0.143. The Kier molecular flexibility index (Phi) is 5.34. The third-order valence-corrected chi connectivity index (χ3v) is 3.34. The van der Waals surface area contributed by atoms with Gasteiger partial charge in [0.15, 0.2) is 5.16 Å². The molecule has 0 amide bonds. The Labute approximate surface area is 99.6 Å². The highest BCUT2D eigenvalue weighted by Crippen LogP contribution is 2.16. The fraction of sp³-hybridized carbons (Fsp3) is 0.600. The van der Waals surface area contributed by atoms with Crippen molar-refractivity contribution < 1.29 is 9.53 Å². The number of carbonyl (C=O) groups excluding carboxylic acids is 1. The summed E-state index contributed by atoms with van der Waals surface area (Å²) in [5.74, 6) is 0.605. The average molecular weight is 243 g/mol. The van der Waals surface area contributed by atoms with E-state index in [9.17, 15) is 4.79 Å². The highest BCUT2D eigenvalue weighted by Gasteiger charge is 2.16. The molecule has 0 aromatic carbocycles. The van der Waals surface area contributed by atoms with Gasteiger partial charge in [0.1, 0.15) is 6.04 Å². The number of imidazole rings is 1. The molecular formula is C10H17N3O2S. The number of esters is 1. The molecule has 0 aliphatic rings. The maximum Gasteiger partial charge on any atom is 0.322 e. The zero-order chi connectivity index (χ0) is 12.0. The Balaban J connectivity index is 2.34. The highest BCUT2D eigenvalue weighted by atomic mass is 32.2. The van der Waals surface area contributed by atoms with Gasteiger partial charge >= 0.3 is 5.97 Å². The van der Waals surface area contributed by atoms with Crippen LogP contribution >= 0.6 is 11.8 Å². The molecule has 0 spiro atoms. The number of aryl methyl sites for hydroxylation is 1. The summed E-state index contributed by atoms with van der Waals surface area (Å²) in [4.78, 5) is 15.5. The van der Waals surface area contributed by atoms with E-state index in [4.69, 9.17) is 0 Å². The molecule has 1 aromatic heterocycles. The third-order valence-electron chi connectivity index (χ3n) is 2.25. The summed E-state index contributed by atoms with van der Waals surface area (Å²) in [7, 11) is 5.11. The van der Waals surface area contributed by atoms with Gasteiger partial charge in [0.2, 0.25) is 0 Å². The minimum absolute atomic E-state index is 0.219. The monoisotopic (exact) mass is 243 g/mol. The van der Waals surface area contributed by atoms with Crippen molar-refractivity contribution in [3.8, 4) is 0 Å². The number of likely N-dealkylation sites (N-methyl/N-ethyl adjacent to an activating group) is 1. The molecule has 0 saturated heterocycles. The lowest BCUT2D eigenvalue weighted by Gasteiger charge is -2.12. The van der Waals surface area contributed by atoms with Gasteiger partial charge in [-0.05, 0) is 13.5 Å². The number of hydrogen-bond acceptors (Lipinski definition) is 5. The molecule has 1 N–H and O–H groups in total. The van der Waals surface area contributed by atoms with Gasteiger partial charge in [-0.2, -0.15) is 0 Å². The second-order valence-corrected chi connectivity index (χ2v) is 4.38. The van der Waals surface area contributed by atoms with Gasteiger partial charge in [0.05, 0.1) is 7.11 Å². The van der Waals surface area contributed by atoms with Crippen LogP contribution in [0.3, 0.4) is 0 Å². The summed E-state index contributed by atoms with van der Waals surface area (Å²) in [6.45, 7) is 0. The van der Waals surface area contributed by atoms with Gasteiger partial charge < -0.3 is 14.6 Å². The molecule has 0 saturated carbocycles. The molecule has 90 valence electrons. The molecule has 0 aliphatic heterocycles. The van der Waals surface area contributed by atoms with Crippen molar-refractivity contribution in [1.82, 2.24) is 14.9 Å². The maximum absolute atomic E-state index is 11.3. The topological polar surface area (TPSA) is 56.2 Å². The number of thioether (sulfide) groups is 1. The predicted molar refractivity (Wildman–Crippen MR) is 63.4 cm³/mol. The van der Waals surface area contributed by atoms with Crippen LogP contribution in [-0.4, -0.2) is 41.5 Å². The van der Waals surface area contributed by atoms with Crippen molar-refractivity contribution in [3.63, 3.8) is 0 Å².